The van der Waals surface area contributed by atoms with Gasteiger partial charge >= 0.3 is 6.03 Å². The summed E-state index contributed by atoms with van der Waals surface area (Å²) in [4.78, 5) is 16.8. The molecule has 1 atom stereocenters. The minimum atomic E-state index is -0.351. The van der Waals surface area contributed by atoms with Crippen LogP contribution in [0, 0.1) is 5.82 Å². The minimum absolute atomic E-state index is 0.0971. The number of urea groups is 1. The lowest BCUT2D eigenvalue weighted by atomic mass is 10.2. The van der Waals surface area contributed by atoms with Crippen molar-refractivity contribution in [3.63, 3.8) is 0 Å². The zero-order chi connectivity index (χ0) is 17.1. The van der Waals surface area contributed by atoms with Crippen molar-refractivity contribution in [2.24, 2.45) is 0 Å². The minimum Gasteiger partial charge on any atom is -0.334 e. The van der Waals surface area contributed by atoms with Crippen LogP contribution in [0.2, 0.25) is 5.02 Å². The van der Waals surface area contributed by atoms with Gasteiger partial charge < -0.3 is 15.1 Å². The number of hydrogen-bond donors (Lipinski definition) is 1. The molecule has 1 aromatic rings. The normalized spacial score (nSPS) is 21.0. The van der Waals surface area contributed by atoms with Crippen LogP contribution in [0.1, 0.15) is 38.2 Å². The lowest BCUT2D eigenvalue weighted by molar-refractivity contribution is 0.187. The average molecular weight is 354 g/mol. The van der Waals surface area contributed by atoms with Crippen molar-refractivity contribution in [3.05, 3.63) is 34.6 Å². The molecule has 1 heterocycles. The quantitative estimate of drug-likeness (QED) is 0.847. The smallest absolute Gasteiger partial charge is 0.318 e. The maximum Gasteiger partial charge on any atom is 0.318 e. The Hall–Kier alpha value is -1.33. The van der Waals surface area contributed by atoms with Crippen LogP contribution in [0.25, 0.3) is 0 Å². The predicted molar refractivity (Wildman–Crippen MR) is 93.6 cm³/mol. The van der Waals surface area contributed by atoms with Crippen molar-refractivity contribution in [1.82, 2.24) is 15.1 Å². The van der Waals surface area contributed by atoms with Gasteiger partial charge in [-0.1, -0.05) is 24.6 Å². The summed E-state index contributed by atoms with van der Waals surface area (Å²) in [6, 6.07) is 4.94. The van der Waals surface area contributed by atoms with E-state index in [1.807, 2.05) is 0 Å². The molecule has 1 aliphatic heterocycles. The molecule has 132 valence electrons. The zero-order valence-corrected chi connectivity index (χ0v) is 14.9. The summed E-state index contributed by atoms with van der Waals surface area (Å²) in [5.41, 5.74) is 0.403. The zero-order valence-electron chi connectivity index (χ0n) is 14.1. The molecular formula is C18H25ClFN3O. The highest BCUT2D eigenvalue weighted by molar-refractivity contribution is 6.31. The number of carbonyl (C=O) groups excluding carboxylic acids is 1. The average Bonchev–Trinajstić information content (AvgIpc) is 3.28. The van der Waals surface area contributed by atoms with Crippen LogP contribution in [0.4, 0.5) is 9.18 Å². The van der Waals surface area contributed by atoms with E-state index in [0.717, 1.165) is 45.3 Å². The summed E-state index contributed by atoms with van der Waals surface area (Å²) in [7, 11) is 0. The Morgan fingerprint density at radius 3 is 2.88 bits per heavy atom. The van der Waals surface area contributed by atoms with E-state index in [-0.39, 0.29) is 30.5 Å². The first-order valence-electron chi connectivity index (χ1n) is 8.81. The molecule has 0 aromatic heterocycles. The van der Waals surface area contributed by atoms with Crippen molar-refractivity contribution in [2.45, 2.75) is 51.2 Å². The van der Waals surface area contributed by atoms with Gasteiger partial charge in [0.05, 0.1) is 6.54 Å². The number of halogens is 2. The van der Waals surface area contributed by atoms with Gasteiger partial charge in [0.2, 0.25) is 0 Å². The third-order valence-corrected chi connectivity index (χ3v) is 5.13. The van der Waals surface area contributed by atoms with Gasteiger partial charge in [-0.2, -0.15) is 0 Å². The summed E-state index contributed by atoms with van der Waals surface area (Å²) >= 11 is 6.12. The Morgan fingerprint density at radius 2 is 2.21 bits per heavy atom. The maximum absolute atomic E-state index is 14.0. The van der Waals surface area contributed by atoms with Crippen LogP contribution < -0.4 is 5.32 Å². The van der Waals surface area contributed by atoms with Crippen LogP contribution >= 0.6 is 11.6 Å². The molecule has 2 amide bonds. The summed E-state index contributed by atoms with van der Waals surface area (Å²) in [6.07, 6.45) is 4.06. The van der Waals surface area contributed by atoms with Gasteiger partial charge in [-0.15, -0.1) is 0 Å². The van der Waals surface area contributed by atoms with Gasteiger partial charge in [0.15, 0.2) is 0 Å². The SMILES string of the molecule is CCCN1CCC(NC(=O)N(Cc2c(F)cccc2Cl)C2CC2)C1. The lowest BCUT2D eigenvalue weighted by Gasteiger charge is -2.26. The summed E-state index contributed by atoms with van der Waals surface area (Å²) in [6.45, 7) is 5.40. The van der Waals surface area contributed by atoms with Gasteiger partial charge in [-0.3, -0.25) is 0 Å². The number of benzene rings is 1. The van der Waals surface area contributed by atoms with Crippen molar-refractivity contribution in [2.75, 3.05) is 19.6 Å². The van der Waals surface area contributed by atoms with Crippen LogP contribution in [0.3, 0.4) is 0 Å². The molecule has 24 heavy (non-hydrogen) atoms. The molecule has 1 saturated heterocycles. The fourth-order valence-electron chi connectivity index (χ4n) is 3.33. The van der Waals surface area contributed by atoms with Crippen LogP contribution in [-0.4, -0.2) is 47.5 Å². The predicted octanol–water partition coefficient (Wildman–Crippen LogP) is 3.64. The van der Waals surface area contributed by atoms with E-state index in [4.69, 9.17) is 11.6 Å². The molecule has 1 aliphatic carbocycles. The first-order chi connectivity index (χ1) is 11.6. The topological polar surface area (TPSA) is 35.6 Å². The van der Waals surface area contributed by atoms with E-state index in [1.165, 1.54) is 6.07 Å². The molecule has 3 rings (SSSR count). The Balaban J connectivity index is 1.62. The number of nitrogens with one attached hydrogen (secondary N) is 1. The van der Waals surface area contributed by atoms with Gasteiger partial charge in [-0.25, -0.2) is 9.18 Å². The lowest BCUT2D eigenvalue weighted by Crippen LogP contribution is -2.46. The molecule has 6 heteroatoms. The first-order valence-corrected chi connectivity index (χ1v) is 9.18. The number of hydrogen-bond acceptors (Lipinski definition) is 2. The molecule has 0 radical (unpaired) electrons. The molecule has 1 N–H and O–H groups in total. The highest BCUT2D eigenvalue weighted by Crippen LogP contribution is 2.31. The van der Waals surface area contributed by atoms with Crippen LogP contribution in [0.5, 0.6) is 0 Å². The Kier molecular flexibility index (Phi) is 5.61. The summed E-state index contributed by atoms with van der Waals surface area (Å²) in [5, 5.41) is 3.51. The van der Waals surface area contributed by atoms with Gasteiger partial charge in [0, 0.05) is 35.8 Å². The van der Waals surface area contributed by atoms with Crippen molar-refractivity contribution in [1.29, 1.82) is 0 Å². The van der Waals surface area contributed by atoms with Gasteiger partial charge in [0.1, 0.15) is 5.82 Å². The van der Waals surface area contributed by atoms with Gasteiger partial charge in [0.25, 0.3) is 0 Å². The van der Waals surface area contributed by atoms with E-state index in [9.17, 15) is 9.18 Å². The second kappa shape index (κ2) is 7.70. The third kappa shape index (κ3) is 4.19. The van der Waals surface area contributed by atoms with Crippen molar-refractivity contribution < 1.29 is 9.18 Å². The standard InChI is InChI=1S/C18H25ClFN3O/c1-2-9-22-10-8-13(11-22)21-18(24)23(14-6-7-14)12-15-16(19)4-3-5-17(15)20/h3-5,13-14H,2,6-12H2,1H3,(H,21,24). The molecule has 1 aromatic carbocycles. The molecular weight excluding hydrogens is 329 g/mol. The van der Waals surface area contributed by atoms with Crippen molar-refractivity contribution in [3.8, 4) is 0 Å². The van der Waals surface area contributed by atoms with Crippen molar-refractivity contribution >= 4 is 17.6 Å². The van der Waals surface area contributed by atoms with E-state index in [0.29, 0.717) is 10.6 Å². The first kappa shape index (κ1) is 17.5. The second-order valence-corrected chi connectivity index (χ2v) is 7.20. The van der Waals surface area contributed by atoms with Crippen LogP contribution in [0.15, 0.2) is 18.2 Å². The highest BCUT2D eigenvalue weighted by Gasteiger charge is 2.35. The molecule has 2 aliphatic rings. The van der Waals surface area contributed by atoms with E-state index < -0.39 is 0 Å². The molecule has 1 saturated carbocycles. The second-order valence-electron chi connectivity index (χ2n) is 6.79. The Morgan fingerprint density at radius 1 is 1.42 bits per heavy atom. The molecule has 0 spiro atoms. The fraction of sp³-hybridized carbons (Fsp3) is 0.611. The largest absolute Gasteiger partial charge is 0.334 e. The third-order valence-electron chi connectivity index (χ3n) is 4.78. The highest BCUT2D eigenvalue weighted by atomic mass is 35.5. The van der Waals surface area contributed by atoms with E-state index >= 15 is 0 Å². The number of rotatable bonds is 6. The Labute approximate surface area is 147 Å². The molecule has 1 unspecified atom stereocenters. The number of likely N-dealkylation sites (tertiary alicyclic amines) is 1. The van der Waals surface area contributed by atoms with E-state index in [1.54, 1.807) is 17.0 Å². The molecule has 0 bridgehead atoms. The van der Waals surface area contributed by atoms with E-state index in [2.05, 4.69) is 17.1 Å². The number of nitrogens with zero attached hydrogens (tertiary/aromatic N) is 2. The molecule has 4 nitrogen and oxygen atoms in total. The maximum atomic E-state index is 14.0. The fourth-order valence-corrected chi connectivity index (χ4v) is 3.56. The molecule has 2 fully saturated rings. The summed E-state index contributed by atoms with van der Waals surface area (Å²) < 4.78 is 14.0. The monoisotopic (exact) mass is 353 g/mol. The Bertz CT molecular complexity index is 573. The summed E-state index contributed by atoms with van der Waals surface area (Å²) in [5.74, 6) is -0.351. The van der Waals surface area contributed by atoms with Crippen LogP contribution in [-0.2, 0) is 6.54 Å². The number of carbonyl (C=O) groups is 1. The number of amides is 2. The van der Waals surface area contributed by atoms with Gasteiger partial charge in [-0.05, 0) is 44.4 Å².